The first-order valence-corrected chi connectivity index (χ1v) is 4.83. The maximum atomic E-state index is 4.26. The van der Waals surface area contributed by atoms with Gasteiger partial charge in [0.15, 0.2) is 0 Å². The van der Waals surface area contributed by atoms with E-state index in [-0.39, 0.29) is 64.6 Å². The van der Waals surface area contributed by atoms with E-state index in [1.54, 1.807) is 0 Å². The molecular weight excluding hydrogens is 417 g/mol. The average molecular weight is 441 g/mol. The molecular formula is C12H24WY-2. The van der Waals surface area contributed by atoms with Crippen molar-refractivity contribution in [3.05, 3.63) is 13.8 Å². The molecule has 14 heavy (non-hydrogen) atoms. The smallest absolute Gasteiger partial charge is 0 e. The molecule has 0 aromatic heterocycles. The summed E-state index contributed by atoms with van der Waals surface area (Å²) >= 11 is 0. The average Bonchev–Trinajstić information content (AvgIpc) is 1.48. The predicted octanol–water partition coefficient (Wildman–Crippen LogP) is 4.12. The minimum Gasteiger partial charge on any atom is -0.338 e. The summed E-state index contributed by atoms with van der Waals surface area (Å²) in [6.07, 6.45) is 2.28. The monoisotopic (exact) mass is 441 g/mol. The molecule has 0 aliphatic rings. The Balaban J connectivity index is -0.000000605. The summed E-state index contributed by atoms with van der Waals surface area (Å²) in [5.41, 5.74) is 0.352. The Bertz CT molecular complexity index is 134. The molecule has 0 saturated heterocycles. The first-order valence-electron chi connectivity index (χ1n) is 4.83. The fourth-order valence-electron chi connectivity index (χ4n) is 2.21. The van der Waals surface area contributed by atoms with Gasteiger partial charge in [0.2, 0.25) is 0 Å². The van der Waals surface area contributed by atoms with Gasteiger partial charge in [-0.1, -0.05) is 47.5 Å². The van der Waals surface area contributed by atoms with Crippen LogP contribution in [-0.2, 0) is 53.8 Å². The van der Waals surface area contributed by atoms with Crippen molar-refractivity contribution in [1.82, 2.24) is 0 Å². The van der Waals surface area contributed by atoms with Gasteiger partial charge in [0, 0.05) is 53.8 Å². The molecule has 0 unspecified atom stereocenters. The maximum Gasteiger partial charge on any atom is 0 e. The van der Waals surface area contributed by atoms with Crippen LogP contribution in [0.1, 0.15) is 47.5 Å². The van der Waals surface area contributed by atoms with Crippen molar-refractivity contribution >= 4 is 0 Å². The Morgan fingerprint density at radius 3 is 1.64 bits per heavy atom. The van der Waals surface area contributed by atoms with Crippen molar-refractivity contribution in [2.75, 3.05) is 0 Å². The van der Waals surface area contributed by atoms with Gasteiger partial charge in [-0.2, -0.15) is 10.8 Å². The maximum absolute atomic E-state index is 4.26. The summed E-state index contributed by atoms with van der Waals surface area (Å²) in [5.74, 6) is 0.731. The molecule has 0 nitrogen and oxygen atoms in total. The third-order valence-electron chi connectivity index (χ3n) is 1.81. The molecule has 0 amide bonds. The van der Waals surface area contributed by atoms with Gasteiger partial charge in [-0.05, 0) is 5.92 Å². The van der Waals surface area contributed by atoms with Crippen LogP contribution in [0.2, 0.25) is 0 Å². The molecule has 1 atom stereocenters. The molecule has 0 aromatic carbocycles. The van der Waals surface area contributed by atoms with Crippen LogP contribution in [0.25, 0.3) is 0 Å². The van der Waals surface area contributed by atoms with Crippen LogP contribution in [0.5, 0.6) is 0 Å². The number of hydrogen-bond donors (Lipinski definition) is 0. The van der Waals surface area contributed by atoms with Crippen molar-refractivity contribution in [3.63, 3.8) is 0 Å². The molecule has 0 spiro atoms. The van der Waals surface area contributed by atoms with Gasteiger partial charge in [-0.25, -0.2) is 0 Å². The van der Waals surface area contributed by atoms with E-state index < -0.39 is 0 Å². The van der Waals surface area contributed by atoms with E-state index in [0.717, 1.165) is 12.3 Å². The van der Waals surface area contributed by atoms with E-state index in [1.165, 1.54) is 6.42 Å². The topological polar surface area (TPSA) is 0 Å². The van der Waals surface area contributed by atoms with Crippen molar-refractivity contribution in [3.8, 4) is 0 Å². The zero-order chi connectivity index (χ0) is 9.99. The molecule has 0 aromatic rings. The summed E-state index contributed by atoms with van der Waals surface area (Å²) in [5, 5.41) is 0. The predicted molar refractivity (Wildman–Crippen MR) is 56.7 cm³/mol. The largest absolute Gasteiger partial charge is 0.338 e. The van der Waals surface area contributed by atoms with E-state index in [0.29, 0.717) is 0 Å². The third-order valence-corrected chi connectivity index (χ3v) is 1.81. The quantitative estimate of drug-likeness (QED) is 0.577. The normalized spacial score (nSPS) is 15.4. The summed E-state index contributed by atoms with van der Waals surface area (Å²) in [4.78, 5) is 0. The Kier molecular flexibility index (Phi) is 12.0. The molecule has 0 bridgehead atoms. The van der Waals surface area contributed by atoms with Crippen molar-refractivity contribution in [1.29, 1.82) is 0 Å². The van der Waals surface area contributed by atoms with Gasteiger partial charge >= 0.3 is 0 Å². The zero-order valence-electron chi connectivity index (χ0n) is 10.4. The number of hydrogen-bond acceptors (Lipinski definition) is 0. The van der Waals surface area contributed by atoms with E-state index >= 15 is 0 Å². The molecule has 0 saturated carbocycles. The minimum absolute atomic E-state index is 0. The third kappa shape index (κ3) is 13.8. The first kappa shape index (κ1) is 21.1. The van der Waals surface area contributed by atoms with Crippen molar-refractivity contribution in [2.24, 2.45) is 16.7 Å². The van der Waals surface area contributed by atoms with Crippen LogP contribution < -0.4 is 0 Å². The molecule has 2 heteroatoms. The van der Waals surface area contributed by atoms with E-state index in [9.17, 15) is 0 Å². The van der Waals surface area contributed by atoms with Crippen molar-refractivity contribution in [2.45, 2.75) is 47.5 Å². The van der Waals surface area contributed by atoms with Gasteiger partial charge < -0.3 is 13.8 Å². The summed E-state index contributed by atoms with van der Waals surface area (Å²) in [6, 6.07) is 0. The van der Waals surface area contributed by atoms with Crippen LogP contribution >= 0.6 is 0 Å². The van der Waals surface area contributed by atoms with Gasteiger partial charge in [-0.15, -0.1) is 0 Å². The second kappa shape index (κ2) is 7.97. The van der Waals surface area contributed by atoms with Gasteiger partial charge in [-0.3, -0.25) is 0 Å². The second-order valence-corrected chi connectivity index (χ2v) is 5.75. The minimum atomic E-state index is 0. The standard InChI is InChI=1S/C12H24.W.Y/c1-10(2)8-12(6,7)9-11(3,4)5;;/h10H,3,6,8-9H2,1-2,4-5,7H3;;/q-2;;/t12-;;/m1../s1. The molecule has 0 rings (SSSR count). The Hall–Kier alpha value is 1.79. The van der Waals surface area contributed by atoms with Gasteiger partial charge in [0.1, 0.15) is 0 Å². The van der Waals surface area contributed by atoms with Crippen LogP contribution in [-0.4, -0.2) is 0 Å². The SMILES string of the molecule is [CH2-]C(C)(C)C[C@]([CH2-])(C)CC(C)C.[W].[Y]. The fourth-order valence-corrected chi connectivity index (χ4v) is 2.21. The zero-order valence-corrected chi connectivity index (χ0v) is 16.2. The molecule has 0 aliphatic heterocycles. The molecule has 0 heterocycles. The second-order valence-electron chi connectivity index (χ2n) is 5.75. The van der Waals surface area contributed by atoms with Crippen LogP contribution in [0.3, 0.4) is 0 Å². The summed E-state index contributed by atoms with van der Waals surface area (Å²) < 4.78 is 0. The molecule has 83 valence electrons. The molecule has 0 fully saturated rings. The van der Waals surface area contributed by atoms with Crippen LogP contribution in [0, 0.1) is 30.6 Å². The number of rotatable bonds is 4. The Morgan fingerprint density at radius 1 is 1.07 bits per heavy atom. The van der Waals surface area contributed by atoms with Crippen molar-refractivity contribution < 1.29 is 53.8 Å². The molecule has 1 radical (unpaired) electrons. The van der Waals surface area contributed by atoms with E-state index in [4.69, 9.17) is 0 Å². The van der Waals surface area contributed by atoms with Crippen LogP contribution in [0.4, 0.5) is 0 Å². The summed E-state index contributed by atoms with van der Waals surface area (Å²) in [7, 11) is 0. The molecule has 0 aliphatic carbocycles. The fraction of sp³-hybridized carbons (Fsp3) is 0.833. The van der Waals surface area contributed by atoms with E-state index in [1.807, 2.05) is 0 Å². The summed E-state index contributed by atoms with van der Waals surface area (Å²) in [6.45, 7) is 19.5. The van der Waals surface area contributed by atoms with Gasteiger partial charge in [0.25, 0.3) is 0 Å². The molecule has 0 N–H and O–H groups in total. The van der Waals surface area contributed by atoms with Crippen LogP contribution in [0.15, 0.2) is 0 Å². The van der Waals surface area contributed by atoms with Gasteiger partial charge in [0.05, 0.1) is 0 Å². The Morgan fingerprint density at radius 2 is 1.43 bits per heavy atom. The first-order chi connectivity index (χ1) is 5.12. The van der Waals surface area contributed by atoms with E-state index in [2.05, 4.69) is 48.5 Å². The Labute approximate surface area is 131 Å².